The molecule has 1 nitrogen and oxygen atoms in total. The van der Waals surface area contributed by atoms with Crippen molar-refractivity contribution in [2.75, 3.05) is 14.1 Å². The highest BCUT2D eigenvalue weighted by molar-refractivity contribution is 5.24. The molecule has 0 N–H and O–H groups in total. The minimum atomic E-state index is -0.129. The van der Waals surface area contributed by atoms with Gasteiger partial charge in [-0.15, -0.1) is 0 Å². The van der Waals surface area contributed by atoms with Crippen molar-refractivity contribution in [1.82, 2.24) is 4.90 Å². The second-order valence-electron chi connectivity index (χ2n) is 3.56. The number of hydrogen-bond donors (Lipinski definition) is 0. The van der Waals surface area contributed by atoms with E-state index in [4.69, 9.17) is 0 Å². The molecule has 0 atom stereocenters. The molecule has 0 radical (unpaired) electrons. The number of halogens is 1. The molecule has 0 fully saturated rings. The highest BCUT2D eigenvalue weighted by atomic mass is 19.1. The Morgan fingerprint density at radius 3 is 2.31 bits per heavy atom. The molecule has 0 aliphatic carbocycles. The molecular weight excluding hydrogens is 165 g/mol. The third-order valence-electron chi connectivity index (χ3n) is 1.92. The van der Waals surface area contributed by atoms with Gasteiger partial charge in [0.2, 0.25) is 0 Å². The van der Waals surface area contributed by atoms with Crippen LogP contribution in [0.15, 0.2) is 18.2 Å². The van der Waals surface area contributed by atoms with E-state index in [9.17, 15) is 4.39 Å². The summed E-state index contributed by atoms with van der Waals surface area (Å²) in [6.07, 6.45) is 0.887. The Hall–Kier alpha value is -0.890. The maximum Gasteiger partial charge on any atom is 0.123 e. The molecule has 0 amide bonds. The molecule has 0 unspecified atom stereocenters. The molecule has 0 aromatic heterocycles. The standard InChI is InChI=1S/C11H16FN/c1-4-9-5-10(8-13(2)3)7-11(12)6-9/h5-7H,4,8H2,1-3H3. The van der Waals surface area contributed by atoms with E-state index >= 15 is 0 Å². The molecule has 13 heavy (non-hydrogen) atoms. The second kappa shape index (κ2) is 4.38. The zero-order chi connectivity index (χ0) is 9.84. The van der Waals surface area contributed by atoms with Gasteiger partial charge in [-0.25, -0.2) is 4.39 Å². The lowest BCUT2D eigenvalue weighted by atomic mass is 10.1. The van der Waals surface area contributed by atoms with Crippen molar-refractivity contribution in [3.05, 3.63) is 35.1 Å². The summed E-state index contributed by atoms with van der Waals surface area (Å²) in [6, 6.07) is 5.25. The first-order valence-electron chi connectivity index (χ1n) is 4.55. The predicted octanol–water partition coefficient (Wildman–Crippen LogP) is 2.45. The molecule has 72 valence electrons. The summed E-state index contributed by atoms with van der Waals surface area (Å²) in [5, 5.41) is 0. The summed E-state index contributed by atoms with van der Waals surface area (Å²) in [5.41, 5.74) is 2.11. The van der Waals surface area contributed by atoms with Crippen LogP contribution in [0.4, 0.5) is 4.39 Å². The average molecular weight is 181 g/mol. The van der Waals surface area contributed by atoms with Gasteiger partial charge in [0.05, 0.1) is 0 Å². The molecule has 0 bridgehead atoms. The lowest BCUT2D eigenvalue weighted by molar-refractivity contribution is 0.401. The number of benzene rings is 1. The van der Waals surface area contributed by atoms with Crippen molar-refractivity contribution < 1.29 is 4.39 Å². The van der Waals surface area contributed by atoms with E-state index in [1.165, 1.54) is 0 Å². The topological polar surface area (TPSA) is 3.24 Å². The Morgan fingerprint density at radius 1 is 1.15 bits per heavy atom. The smallest absolute Gasteiger partial charge is 0.123 e. The van der Waals surface area contributed by atoms with Crippen molar-refractivity contribution in [3.63, 3.8) is 0 Å². The van der Waals surface area contributed by atoms with Crippen molar-refractivity contribution >= 4 is 0 Å². The first-order valence-corrected chi connectivity index (χ1v) is 4.55. The molecule has 0 saturated heterocycles. The molecule has 2 heteroatoms. The fourth-order valence-corrected chi connectivity index (χ4v) is 1.38. The van der Waals surface area contributed by atoms with Crippen LogP contribution in [0.5, 0.6) is 0 Å². The molecular formula is C11H16FN. The average Bonchev–Trinajstić information content (AvgIpc) is 2.01. The number of nitrogens with zero attached hydrogens (tertiary/aromatic N) is 1. The van der Waals surface area contributed by atoms with E-state index in [0.29, 0.717) is 0 Å². The van der Waals surface area contributed by atoms with Crippen LogP contribution in [-0.2, 0) is 13.0 Å². The minimum absolute atomic E-state index is 0.129. The van der Waals surface area contributed by atoms with Gasteiger partial charge in [0, 0.05) is 6.54 Å². The van der Waals surface area contributed by atoms with Crippen LogP contribution in [0, 0.1) is 5.82 Å². The zero-order valence-corrected chi connectivity index (χ0v) is 8.47. The number of hydrogen-bond acceptors (Lipinski definition) is 1. The third kappa shape index (κ3) is 3.15. The van der Waals surface area contributed by atoms with Gasteiger partial charge < -0.3 is 4.90 Å². The van der Waals surface area contributed by atoms with Crippen LogP contribution >= 0.6 is 0 Å². The van der Waals surface area contributed by atoms with Crippen LogP contribution in [0.2, 0.25) is 0 Å². The molecule has 0 saturated carbocycles. The van der Waals surface area contributed by atoms with E-state index in [1.54, 1.807) is 12.1 Å². The monoisotopic (exact) mass is 181 g/mol. The van der Waals surface area contributed by atoms with Crippen molar-refractivity contribution in [3.8, 4) is 0 Å². The summed E-state index contributed by atoms with van der Waals surface area (Å²) in [6.45, 7) is 2.83. The molecule has 1 aromatic rings. The lowest BCUT2D eigenvalue weighted by Gasteiger charge is -2.10. The van der Waals surface area contributed by atoms with Gasteiger partial charge in [-0.3, -0.25) is 0 Å². The Balaban J connectivity index is 2.88. The molecule has 0 aliphatic heterocycles. The lowest BCUT2D eigenvalue weighted by Crippen LogP contribution is -2.11. The van der Waals surface area contributed by atoms with Crippen LogP contribution in [0.25, 0.3) is 0 Å². The normalized spacial score (nSPS) is 10.8. The Kier molecular flexibility index (Phi) is 3.43. The summed E-state index contributed by atoms with van der Waals surface area (Å²) < 4.78 is 13.0. The Morgan fingerprint density at radius 2 is 1.77 bits per heavy atom. The van der Waals surface area contributed by atoms with Gasteiger partial charge in [-0.05, 0) is 43.8 Å². The zero-order valence-electron chi connectivity index (χ0n) is 8.47. The van der Waals surface area contributed by atoms with Gasteiger partial charge in [-0.1, -0.05) is 13.0 Å². The molecule has 0 spiro atoms. The quantitative estimate of drug-likeness (QED) is 0.692. The fourth-order valence-electron chi connectivity index (χ4n) is 1.38. The Bertz CT molecular complexity index is 281. The SMILES string of the molecule is CCc1cc(F)cc(CN(C)C)c1. The second-order valence-corrected chi connectivity index (χ2v) is 3.56. The van der Waals surface area contributed by atoms with E-state index in [1.807, 2.05) is 25.9 Å². The predicted molar refractivity (Wildman–Crippen MR) is 53.2 cm³/mol. The van der Waals surface area contributed by atoms with Crippen LogP contribution < -0.4 is 0 Å². The van der Waals surface area contributed by atoms with Crippen LogP contribution in [0.3, 0.4) is 0 Å². The summed E-state index contributed by atoms with van der Waals surface area (Å²) in [7, 11) is 3.97. The van der Waals surface area contributed by atoms with Gasteiger partial charge in [0.25, 0.3) is 0 Å². The molecule has 1 aromatic carbocycles. The summed E-state index contributed by atoms with van der Waals surface area (Å²) >= 11 is 0. The van der Waals surface area contributed by atoms with Gasteiger partial charge >= 0.3 is 0 Å². The highest BCUT2D eigenvalue weighted by Gasteiger charge is 2.00. The van der Waals surface area contributed by atoms with E-state index < -0.39 is 0 Å². The van der Waals surface area contributed by atoms with Crippen LogP contribution in [-0.4, -0.2) is 19.0 Å². The number of rotatable bonds is 3. The van der Waals surface area contributed by atoms with Gasteiger partial charge in [0.1, 0.15) is 5.82 Å². The maximum absolute atomic E-state index is 13.0. The molecule has 0 heterocycles. The largest absolute Gasteiger partial charge is 0.305 e. The van der Waals surface area contributed by atoms with E-state index in [0.717, 1.165) is 24.1 Å². The molecule has 1 rings (SSSR count). The van der Waals surface area contributed by atoms with Gasteiger partial charge in [-0.2, -0.15) is 0 Å². The Labute approximate surface area is 79.2 Å². The van der Waals surface area contributed by atoms with Crippen LogP contribution in [0.1, 0.15) is 18.1 Å². The first kappa shape index (κ1) is 10.2. The fraction of sp³-hybridized carbons (Fsp3) is 0.455. The summed E-state index contributed by atoms with van der Waals surface area (Å²) in [5.74, 6) is -0.129. The first-order chi connectivity index (χ1) is 6.11. The van der Waals surface area contributed by atoms with E-state index in [-0.39, 0.29) is 5.82 Å². The highest BCUT2D eigenvalue weighted by Crippen LogP contribution is 2.10. The van der Waals surface area contributed by atoms with Crippen molar-refractivity contribution in [1.29, 1.82) is 0 Å². The molecule has 0 aliphatic rings. The van der Waals surface area contributed by atoms with Crippen molar-refractivity contribution in [2.24, 2.45) is 0 Å². The maximum atomic E-state index is 13.0. The van der Waals surface area contributed by atoms with E-state index in [2.05, 4.69) is 6.07 Å². The summed E-state index contributed by atoms with van der Waals surface area (Å²) in [4.78, 5) is 2.04. The van der Waals surface area contributed by atoms with Gasteiger partial charge in [0.15, 0.2) is 0 Å². The van der Waals surface area contributed by atoms with Crippen molar-refractivity contribution in [2.45, 2.75) is 19.9 Å². The third-order valence-corrected chi connectivity index (χ3v) is 1.92. The minimum Gasteiger partial charge on any atom is -0.305 e. The number of aryl methyl sites for hydroxylation is 1.